The summed E-state index contributed by atoms with van der Waals surface area (Å²) in [5, 5.41) is 5.49. The quantitative estimate of drug-likeness (QED) is 0.797. The Morgan fingerprint density at radius 3 is 2.67 bits per heavy atom. The minimum Gasteiger partial charge on any atom is -0.324 e. The third-order valence-electron chi connectivity index (χ3n) is 5.39. The zero-order valence-corrected chi connectivity index (χ0v) is 16.2. The molecule has 1 saturated heterocycles. The van der Waals surface area contributed by atoms with Crippen LogP contribution in [0.2, 0.25) is 0 Å². The van der Waals surface area contributed by atoms with Crippen molar-refractivity contribution >= 4 is 23.5 Å². The molecule has 0 radical (unpaired) electrons. The molecule has 2 N–H and O–H groups in total. The summed E-state index contributed by atoms with van der Waals surface area (Å²) in [6, 6.07) is 3.48. The normalized spacial score (nSPS) is 27.0. The predicted molar refractivity (Wildman–Crippen MR) is 99.5 cm³/mol. The van der Waals surface area contributed by atoms with Crippen molar-refractivity contribution in [2.45, 2.75) is 52.5 Å². The maximum Gasteiger partial charge on any atom is 0.325 e. The first-order valence-corrected chi connectivity index (χ1v) is 9.21. The molecule has 3 rings (SSSR count). The van der Waals surface area contributed by atoms with Crippen molar-refractivity contribution in [3.63, 3.8) is 0 Å². The number of aryl methyl sites for hydroxylation is 1. The molecule has 7 heteroatoms. The second-order valence-electron chi connectivity index (χ2n) is 8.77. The zero-order chi connectivity index (χ0) is 20.0. The lowest BCUT2D eigenvalue weighted by Gasteiger charge is -2.43. The Labute approximate surface area is 158 Å². The summed E-state index contributed by atoms with van der Waals surface area (Å²) >= 11 is 0. The van der Waals surface area contributed by atoms with Crippen molar-refractivity contribution in [2.24, 2.45) is 11.3 Å². The van der Waals surface area contributed by atoms with E-state index in [9.17, 15) is 18.8 Å². The van der Waals surface area contributed by atoms with Crippen molar-refractivity contribution in [1.29, 1.82) is 0 Å². The van der Waals surface area contributed by atoms with E-state index in [1.54, 1.807) is 6.92 Å². The molecule has 6 nitrogen and oxygen atoms in total. The number of nitrogens with one attached hydrogen (secondary N) is 2. The van der Waals surface area contributed by atoms with E-state index in [-0.39, 0.29) is 17.9 Å². The fourth-order valence-corrected chi connectivity index (χ4v) is 4.75. The molecular weight excluding hydrogens is 349 g/mol. The molecule has 0 unspecified atom stereocenters. The fraction of sp³-hybridized carbons (Fsp3) is 0.550. The Morgan fingerprint density at radius 2 is 2.04 bits per heavy atom. The largest absolute Gasteiger partial charge is 0.325 e. The molecule has 1 aliphatic heterocycles. The zero-order valence-electron chi connectivity index (χ0n) is 16.2. The lowest BCUT2D eigenvalue weighted by Crippen LogP contribution is -2.54. The summed E-state index contributed by atoms with van der Waals surface area (Å²) in [7, 11) is 0. The molecule has 1 heterocycles. The van der Waals surface area contributed by atoms with Gasteiger partial charge in [-0.3, -0.25) is 14.5 Å². The molecule has 0 aromatic heterocycles. The molecule has 2 fully saturated rings. The highest BCUT2D eigenvalue weighted by molar-refractivity contribution is 6.10. The van der Waals surface area contributed by atoms with Gasteiger partial charge in [0.15, 0.2) is 0 Å². The van der Waals surface area contributed by atoms with Gasteiger partial charge in [-0.1, -0.05) is 20.8 Å². The van der Waals surface area contributed by atoms with Crippen LogP contribution in [0.15, 0.2) is 18.2 Å². The number of anilines is 1. The molecule has 1 spiro atoms. The van der Waals surface area contributed by atoms with E-state index in [0.29, 0.717) is 30.0 Å². The van der Waals surface area contributed by atoms with Crippen molar-refractivity contribution in [3.8, 4) is 0 Å². The van der Waals surface area contributed by atoms with Crippen LogP contribution in [0.4, 0.5) is 14.9 Å². The van der Waals surface area contributed by atoms with Gasteiger partial charge in [0.1, 0.15) is 17.9 Å². The average Bonchev–Trinajstić information content (AvgIpc) is 2.72. The van der Waals surface area contributed by atoms with E-state index in [4.69, 9.17) is 0 Å². The molecule has 4 amide bonds. The number of halogens is 1. The van der Waals surface area contributed by atoms with Crippen molar-refractivity contribution < 1.29 is 18.8 Å². The number of rotatable bonds is 3. The van der Waals surface area contributed by atoms with Crippen molar-refractivity contribution in [3.05, 3.63) is 29.6 Å². The second-order valence-corrected chi connectivity index (χ2v) is 8.77. The van der Waals surface area contributed by atoms with E-state index in [1.165, 1.54) is 18.2 Å². The van der Waals surface area contributed by atoms with E-state index in [1.807, 2.05) is 0 Å². The summed E-state index contributed by atoms with van der Waals surface area (Å²) in [4.78, 5) is 38.8. The van der Waals surface area contributed by atoms with Gasteiger partial charge in [0, 0.05) is 5.69 Å². The number of benzene rings is 1. The Kier molecular flexibility index (Phi) is 4.74. The smallest absolute Gasteiger partial charge is 0.324 e. The SMILES string of the molecule is Cc1cc(F)ccc1NC(=O)CN1C(=O)N[C@@]2(C[C@H](C)CC(C)(C)C2)C1=O. The monoisotopic (exact) mass is 375 g/mol. The number of carbonyl (C=O) groups is 3. The first-order valence-electron chi connectivity index (χ1n) is 9.21. The molecule has 1 saturated carbocycles. The maximum atomic E-state index is 13.2. The van der Waals surface area contributed by atoms with Gasteiger partial charge < -0.3 is 10.6 Å². The van der Waals surface area contributed by atoms with Crippen LogP contribution >= 0.6 is 0 Å². The molecule has 146 valence electrons. The number of hydrogen-bond acceptors (Lipinski definition) is 3. The molecule has 0 bridgehead atoms. The Bertz CT molecular complexity index is 808. The average molecular weight is 375 g/mol. The van der Waals surface area contributed by atoms with Crippen LogP contribution in [-0.2, 0) is 9.59 Å². The first-order chi connectivity index (χ1) is 12.5. The van der Waals surface area contributed by atoms with Crippen LogP contribution in [0, 0.1) is 24.1 Å². The van der Waals surface area contributed by atoms with Crippen molar-refractivity contribution in [2.75, 3.05) is 11.9 Å². The van der Waals surface area contributed by atoms with Gasteiger partial charge >= 0.3 is 6.03 Å². The summed E-state index contributed by atoms with van der Waals surface area (Å²) in [5.41, 5.74) is 0.0319. The van der Waals surface area contributed by atoms with Gasteiger partial charge in [0.2, 0.25) is 5.91 Å². The van der Waals surface area contributed by atoms with E-state index in [0.717, 1.165) is 11.3 Å². The van der Waals surface area contributed by atoms with Gasteiger partial charge in [-0.2, -0.15) is 0 Å². The van der Waals surface area contributed by atoms with E-state index < -0.39 is 23.3 Å². The van der Waals surface area contributed by atoms with Crippen LogP contribution in [0.25, 0.3) is 0 Å². The lowest BCUT2D eigenvalue weighted by atomic mass is 9.64. The predicted octanol–water partition coefficient (Wildman–Crippen LogP) is 3.21. The van der Waals surface area contributed by atoms with Crippen LogP contribution < -0.4 is 10.6 Å². The van der Waals surface area contributed by atoms with Gasteiger partial charge in [0.25, 0.3) is 5.91 Å². The highest BCUT2D eigenvalue weighted by Crippen LogP contribution is 2.46. The molecular formula is C20H26FN3O3. The number of imide groups is 1. The van der Waals surface area contributed by atoms with Crippen LogP contribution in [0.1, 0.15) is 45.6 Å². The summed E-state index contributed by atoms with van der Waals surface area (Å²) in [5.74, 6) is -0.921. The molecule has 1 aromatic carbocycles. The van der Waals surface area contributed by atoms with Crippen LogP contribution in [-0.4, -0.2) is 34.8 Å². The van der Waals surface area contributed by atoms with Gasteiger partial charge in [-0.25, -0.2) is 9.18 Å². The molecule has 2 atom stereocenters. The summed E-state index contributed by atoms with van der Waals surface area (Å²) in [6.45, 7) is 7.58. The first kappa shape index (κ1) is 19.3. The number of carbonyl (C=O) groups excluding carboxylic acids is 3. The Hall–Kier alpha value is -2.44. The summed E-state index contributed by atoms with van der Waals surface area (Å²) < 4.78 is 13.2. The third kappa shape index (κ3) is 3.82. The van der Waals surface area contributed by atoms with Gasteiger partial charge in [-0.05, 0) is 61.3 Å². The highest BCUT2D eigenvalue weighted by Gasteiger charge is 2.56. The lowest BCUT2D eigenvalue weighted by molar-refractivity contribution is -0.136. The molecule has 1 aromatic rings. The number of urea groups is 1. The van der Waals surface area contributed by atoms with Crippen LogP contribution in [0.5, 0.6) is 0 Å². The number of amides is 4. The molecule has 2 aliphatic rings. The molecule has 1 aliphatic carbocycles. The highest BCUT2D eigenvalue weighted by atomic mass is 19.1. The Balaban J connectivity index is 1.73. The standard InChI is InChI=1S/C20H26FN3O3/c1-12-8-19(3,4)11-20(9-12)17(26)24(18(27)23-20)10-16(25)22-15-6-5-14(21)7-13(15)2/h5-7,12H,8-11H2,1-4H3,(H,22,25)(H,23,27)/t12-,20-/m1/s1. The second kappa shape index (κ2) is 6.62. The number of hydrogen-bond donors (Lipinski definition) is 2. The van der Waals surface area contributed by atoms with Crippen LogP contribution in [0.3, 0.4) is 0 Å². The van der Waals surface area contributed by atoms with E-state index in [2.05, 4.69) is 31.4 Å². The third-order valence-corrected chi connectivity index (χ3v) is 5.39. The van der Waals surface area contributed by atoms with Gasteiger partial charge in [-0.15, -0.1) is 0 Å². The van der Waals surface area contributed by atoms with E-state index >= 15 is 0 Å². The molecule has 27 heavy (non-hydrogen) atoms. The topological polar surface area (TPSA) is 78.5 Å². The maximum absolute atomic E-state index is 13.2. The minimum absolute atomic E-state index is 0.0654. The Morgan fingerprint density at radius 1 is 1.33 bits per heavy atom. The number of nitrogens with zero attached hydrogens (tertiary/aromatic N) is 1. The summed E-state index contributed by atoms with van der Waals surface area (Å²) in [6.07, 6.45) is 2.13. The fourth-order valence-electron chi connectivity index (χ4n) is 4.75. The van der Waals surface area contributed by atoms with Crippen molar-refractivity contribution in [1.82, 2.24) is 10.2 Å². The minimum atomic E-state index is -0.926. The van der Waals surface area contributed by atoms with Gasteiger partial charge in [0.05, 0.1) is 0 Å².